The highest BCUT2D eigenvalue weighted by molar-refractivity contribution is 5.99. The molecule has 158 valence electrons. The number of nitrogens with two attached hydrogens (primary N) is 1. The monoisotopic (exact) mass is 410 g/mol. The van der Waals surface area contributed by atoms with Gasteiger partial charge >= 0.3 is 0 Å². The van der Waals surface area contributed by atoms with Gasteiger partial charge in [0.1, 0.15) is 5.75 Å². The van der Waals surface area contributed by atoms with Gasteiger partial charge in [0.05, 0.1) is 7.11 Å². The molecular formula is C22H26N4O4. The van der Waals surface area contributed by atoms with Crippen LogP contribution in [0.25, 0.3) is 0 Å². The number of amides is 3. The Labute approximate surface area is 175 Å². The van der Waals surface area contributed by atoms with Gasteiger partial charge < -0.3 is 25.6 Å². The van der Waals surface area contributed by atoms with Crippen molar-refractivity contribution in [3.8, 4) is 5.75 Å². The summed E-state index contributed by atoms with van der Waals surface area (Å²) in [5.41, 5.74) is 7.92. The molecule has 2 aromatic carbocycles. The Hall–Kier alpha value is -3.39. The van der Waals surface area contributed by atoms with Crippen LogP contribution in [0.4, 0.5) is 0 Å². The minimum absolute atomic E-state index is 0.263. The minimum atomic E-state index is -1.00. The van der Waals surface area contributed by atoms with Crippen molar-refractivity contribution in [2.24, 2.45) is 5.73 Å². The molecule has 3 amide bonds. The second-order valence-corrected chi connectivity index (χ2v) is 7.06. The summed E-state index contributed by atoms with van der Waals surface area (Å²) in [5, 5.41) is 2.84. The Bertz CT molecular complexity index is 946. The van der Waals surface area contributed by atoms with E-state index in [9.17, 15) is 14.4 Å². The lowest BCUT2D eigenvalue weighted by Gasteiger charge is -2.28. The number of ether oxygens (including phenoxy) is 1. The number of hydrogen-bond acceptors (Lipinski definition) is 5. The lowest BCUT2D eigenvalue weighted by molar-refractivity contribution is -0.139. The molecule has 30 heavy (non-hydrogen) atoms. The van der Waals surface area contributed by atoms with Gasteiger partial charge in [0.25, 0.3) is 11.8 Å². The van der Waals surface area contributed by atoms with Crippen LogP contribution in [0.15, 0.2) is 48.5 Å². The topological polar surface area (TPSA) is 105 Å². The summed E-state index contributed by atoms with van der Waals surface area (Å²) in [6, 6.07) is 14.3. The summed E-state index contributed by atoms with van der Waals surface area (Å²) in [5.74, 6) is -0.453. The number of hydrogen-bond donors (Lipinski definition) is 2. The first-order chi connectivity index (χ1) is 14.4. The molecular weight excluding hydrogens is 384 g/mol. The van der Waals surface area contributed by atoms with Crippen LogP contribution in [0.1, 0.15) is 28.4 Å². The molecule has 2 aromatic rings. The molecule has 3 N–H and O–H groups in total. The summed E-state index contributed by atoms with van der Waals surface area (Å²) in [4.78, 5) is 41.0. The fraction of sp³-hybridized carbons (Fsp3) is 0.318. The summed E-state index contributed by atoms with van der Waals surface area (Å²) in [6.45, 7) is 2.65. The van der Waals surface area contributed by atoms with Gasteiger partial charge in [-0.15, -0.1) is 0 Å². The van der Waals surface area contributed by atoms with Gasteiger partial charge in [0.2, 0.25) is 5.91 Å². The van der Waals surface area contributed by atoms with Gasteiger partial charge in [-0.05, 0) is 29.3 Å². The van der Waals surface area contributed by atoms with Gasteiger partial charge in [0, 0.05) is 38.7 Å². The average Bonchev–Trinajstić information content (AvgIpc) is 3.22. The van der Waals surface area contributed by atoms with E-state index in [1.54, 1.807) is 24.3 Å². The van der Waals surface area contributed by atoms with E-state index in [1.165, 1.54) is 23.8 Å². The minimum Gasteiger partial charge on any atom is -0.497 e. The van der Waals surface area contributed by atoms with E-state index in [2.05, 4.69) is 5.32 Å². The number of benzene rings is 2. The first-order valence-electron chi connectivity index (χ1n) is 9.72. The smallest absolute Gasteiger partial charge is 0.264 e. The second kappa shape index (κ2) is 9.41. The van der Waals surface area contributed by atoms with Gasteiger partial charge in [-0.25, -0.2) is 0 Å². The van der Waals surface area contributed by atoms with E-state index >= 15 is 0 Å². The van der Waals surface area contributed by atoms with Crippen LogP contribution in [0.3, 0.4) is 0 Å². The number of nitrogens with one attached hydrogen (secondary N) is 1. The quantitative estimate of drug-likeness (QED) is 0.742. The third-order valence-electron chi connectivity index (χ3n) is 5.08. The Kier molecular flexibility index (Phi) is 6.68. The summed E-state index contributed by atoms with van der Waals surface area (Å²) in [6.07, 6.45) is -1.00. The van der Waals surface area contributed by atoms with Crippen molar-refractivity contribution in [1.82, 2.24) is 15.1 Å². The highest BCUT2D eigenvalue weighted by Gasteiger charge is 2.41. The Balaban J connectivity index is 1.78. The van der Waals surface area contributed by atoms with Gasteiger partial charge in [-0.2, -0.15) is 0 Å². The average molecular weight is 410 g/mol. The SMILES string of the molecule is COc1cccc(C(=O)N2CCN(C(C)=O)C2C(=O)NCc2cccc(CN)c2)c1. The first-order valence-corrected chi connectivity index (χ1v) is 9.72. The number of carbonyl (C=O) groups is 3. The Morgan fingerprint density at radius 3 is 2.47 bits per heavy atom. The molecule has 0 aromatic heterocycles. The molecule has 0 aliphatic carbocycles. The van der Waals surface area contributed by atoms with Gasteiger partial charge in [-0.1, -0.05) is 30.3 Å². The van der Waals surface area contributed by atoms with E-state index < -0.39 is 12.1 Å². The molecule has 1 aliphatic rings. The maximum atomic E-state index is 13.1. The molecule has 0 bridgehead atoms. The van der Waals surface area contributed by atoms with Gasteiger partial charge in [0.15, 0.2) is 6.17 Å². The number of nitrogens with zero attached hydrogens (tertiary/aromatic N) is 2. The van der Waals surface area contributed by atoms with Crippen LogP contribution in [-0.4, -0.2) is 53.9 Å². The predicted molar refractivity (Wildman–Crippen MR) is 111 cm³/mol. The third kappa shape index (κ3) is 4.60. The number of carbonyl (C=O) groups excluding carboxylic acids is 3. The molecule has 8 nitrogen and oxygen atoms in total. The molecule has 1 unspecified atom stereocenters. The molecule has 1 atom stereocenters. The zero-order chi connectivity index (χ0) is 21.7. The molecule has 3 rings (SSSR count). The number of methoxy groups -OCH3 is 1. The third-order valence-corrected chi connectivity index (χ3v) is 5.08. The summed E-state index contributed by atoms with van der Waals surface area (Å²) < 4.78 is 5.18. The van der Waals surface area contributed by atoms with Crippen molar-refractivity contribution < 1.29 is 19.1 Å². The molecule has 1 fully saturated rings. The normalized spacial score (nSPS) is 15.8. The summed E-state index contributed by atoms with van der Waals surface area (Å²) in [7, 11) is 1.52. The first kappa shape index (κ1) is 21.3. The lowest BCUT2D eigenvalue weighted by atomic mass is 10.1. The van der Waals surface area contributed by atoms with Gasteiger partial charge in [-0.3, -0.25) is 14.4 Å². The van der Waals surface area contributed by atoms with E-state index in [0.29, 0.717) is 24.4 Å². The molecule has 8 heteroatoms. The predicted octanol–water partition coefficient (Wildman–Crippen LogP) is 1.10. The zero-order valence-corrected chi connectivity index (χ0v) is 17.1. The van der Waals surface area contributed by atoms with E-state index in [4.69, 9.17) is 10.5 Å². The maximum Gasteiger partial charge on any atom is 0.264 e. The van der Waals surface area contributed by atoms with Crippen molar-refractivity contribution in [3.05, 3.63) is 65.2 Å². The zero-order valence-electron chi connectivity index (χ0n) is 17.1. The van der Waals surface area contributed by atoms with E-state index in [-0.39, 0.29) is 24.9 Å². The molecule has 0 radical (unpaired) electrons. The molecule has 1 aliphatic heterocycles. The molecule has 0 spiro atoms. The Morgan fingerprint density at radius 1 is 1.07 bits per heavy atom. The maximum absolute atomic E-state index is 13.1. The second-order valence-electron chi connectivity index (χ2n) is 7.06. The van der Waals surface area contributed by atoms with Crippen LogP contribution in [-0.2, 0) is 22.7 Å². The molecule has 1 saturated heterocycles. The Morgan fingerprint density at radius 2 is 1.77 bits per heavy atom. The van der Waals surface area contributed by atoms with Crippen molar-refractivity contribution in [3.63, 3.8) is 0 Å². The fourth-order valence-electron chi connectivity index (χ4n) is 3.52. The fourth-order valence-corrected chi connectivity index (χ4v) is 3.52. The highest BCUT2D eigenvalue weighted by atomic mass is 16.5. The standard InChI is InChI=1S/C22H26N4O4/c1-15(27)25-9-10-26(22(29)18-7-4-8-19(12-18)30-2)21(25)20(28)24-14-17-6-3-5-16(11-17)13-23/h3-8,11-12,21H,9-10,13-14,23H2,1-2H3,(H,24,28). The van der Waals surface area contributed by atoms with E-state index in [1.807, 2.05) is 24.3 Å². The largest absolute Gasteiger partial charge is 0.497 e. The highest BCUT2D eigenvalue weighted by Crippen LogP contribution is 2.21. The van der Waals surface area contributed by atoms with Crippen molar-refractivity contribution in [2.45, 2.75) is 26.2 Å². The molecule has 1 heterocycles. The molecule has 0 saturated carbocycles. The van der Waals surface area contributed by atoms with Crippen molar-refractivity contribution in [1.29, 1.82) is 0 Å². The van der Waals surface area contributed by atoms with Crippen LogP contribution >= 0.6 is 0 Å². The van der Waals surface area contributed by atoms with E-state index in [0.717, 1.165) is 11.1 Å². The van der Waals surface area contributed by atoms with Crippen LogP contribution < -0.4 is 15.8 Å². The summed E-state index contributed by atoms with van der Waals surface area (Å²) >= 11 is 0. The van der Waals surface area contributed by atoms with Crippen LogP contribution in [0.5, 0.6) is 5.75 Å². The number of rotatable bonds is 6. The lowest BCUT2D eigenvalue weighted by Crippen LogP contribution is -2.53. The van der Waals surface area contributed by atoms with Crippen LogP contribution in [0, 0.1) is 0 Å². The van der Waals surface area contributed by atoms with Crippen molar-refractivity contribution >= 4 is 17.7 Å². The van der Waals surface area contributed by atoms with Crippen molar-refractivity contribution in [2.75, 3.05) is 20.2 Å². The van der Waals surface area contributed by atoms with Crippen LogP contribution in [0.2, 0.25) is 0 Å².